The molecule has 1 aliphatic heterocycles. The first-order valence-electron chi connectivity index (χ1n) is 6.52. The minimum atomic E-state index is -0.188. The molecule has 0 aromatic heterocycles. The van der Waals surface area contributed by atoms with E-state index in [2.05, 4.69) is 41.5 Å². The molecule has 1 saturated heterocycles. The van der Waals surface area contributed by atoms with E-state index in [4.69, 9.17) is 9.31 Å². The molecular formula is C13H25BO2. The quantitative estimate of drug-likeness (QED) is 0.633. The first kappa shape index (κ1) is 12.4. The van der Waals surface area contributed by atoms with Crippen LogP contribution in [0.15, 0.2) is 0 Å². The van der Waals surface area contributed by atoms with Gasteiger partial charge in [0, 0.05) is 5.31 Å². The molecule has 2 rings (SSSR count). The third-order valence-electron chi connectivity index (χ3n) is 4.85. The van der Waals surface area contributed by atoms with Crippen molar-refractivity contribution in [3.63, 3.8) is 0 Å². The van der Waals surface area contributed by atoms with Crippen molar-refractivity contribution >= 4 is 7.12 Å². The van der Waals surface area contributed by atoms with Crippen LogP contribution in [-0.2, 0) is 9.31 Å². The van der Waals surface area contributed by atoms with E-state index in [0.29, 0.717) is 0 Å². The van der Waals surface area contributed by atoms with Gasteiger partial charge in [-0.1, -0.05) is 20.3 Å². The Morgan fingerprint density at radius 2 is 1.50 bits per heavy atom. The fourth-order valence-electron chi connectivity index (χ4n) is 2.92. The zero-order valence-corrected chi connectivity index (χ0v) is 11.6. The molecule has 2 atom stereocenters. The summed E-state index contributed by atoms with van der Waals surface area (Å²) >= 11 is 0. The fraction of sp³-hybridized carbons (Fsp3) is 1.00. The highest BCUT2D eigenvalue weighted by Gasteiger charge is 2.58. The van der Waals surface area contributed by atoms with E-state index in [9.17, 15) is 0 Å². The normalized spacial score (nSPS) is 41.6. The van der Waals surface area contributed by atoms with Gasteiger partial charge in [0.15, 0.2) is 0 Å². The van der Waals surface area contributed by atoms with Gasteiger partial charge in [-0.25, -0.2) is 0 Å². The largest absolute Gasteiger partial charge is 0.464 e. The Hall–Kier alpha value is -0.0151. The van der Waals surface area contributed by atoms with Crippen LogP contribution in [0.4, 0.5) is 0 Å². The van der Waals surface area contributed by atoms with Crippen molar-refractivity contribution in [2.75, 3.05) is 0 Å². The summed E-state index contributed by atoms with van der Waals surface area (Å²) in [6.45, 7) is 13.2. The maximum Gasteiger partial charge on any atom is 0.464 e. The van der Waals surface area contributed by atoms with Gasteiger partial charge in [-0.15, -0.1) is 0 Å². The van der Waals surface area contributed by atoms with Gasteiger partial charge in [-0.05, 0) is 46.5 Å². The molecule has 0 unspecified atom stereocenters. The van der Waals surface area contributed by atoms with Crippen LogP contribution in [0.2, 0.25) is 5.31 Å². The molecule has 2 fully saturated rings. The molecule has 0 spiro atoms. The molecule has 1 saturated carbocycles. The summed E-state index contributed by atoms with van der Waals surface area (Å²) < 4.78 is 12.4. The zero-order chi connectivity index (χ0) is 12.2. The molecule has 0 bridgehead atoms. The van der Waals surface area contributed by atoms with Gasteiger partial charge in [-0.3, -0.25) is 0 Å². The Kier molecular flexibility index (Phi) is 2.71. The Labute approximate surface area is 100 Å². The Morgan fingerprint density at radius 1 is 1.00 bits per heavy atom. The minimum absolute atomic E-state index is 0.0255. The summed E-state index contributed by atoms with van der Waals surface area (Å²) in [4.78, 5) is 0. The van der Waals surface area contributed by atoms with Gasteiger partial charge >= 0.3 is 7.12 Å². The van der Waals surface area contributed by atoms with Crippen LogP contribution in [0.1, 0.15) is 60.8 Å². The third-order valence-corrected chi connectivity index (χ3v) is 4.85. The van der Waals surface area contributed by atoms with Gasteiger partial charge < -0.3 is 9.31 Å². The van der Waals surface area contributed by atoms with Crippen LogP contribution in [0.5, 0.6) is 0 Å². The van der Waals surface area contributed by atoms with Crippen molar-refractivity contribution in [3.05, 3.63) is 0 Å². The molecule has 0 aromatic carbocycles. The van der Waals surface area contributed by atoms with Gasteiger partial charge in [0.05, 0.1) is 11.2 Å². The van der Waals surface area contributed by atoms with E-state index in [1.54, 1.807) is 0 Å². The lowest BCUT2D eigenvalue weighted by atomic mass is 9.57. The molecule has 0 N–H and O–H groups in total. The summed E-state index contributed by atoms with van der Waals surface area (Å²) in [6, 6.07) is 0. The minimum Gasteiger partial charge on any atom is -0.403 e. The first-order chi connectivity index (χ1) is 7.16. The van der Waals surface area contributed by atoms with Crippen LogP contribution in [0, 0.1) is 5.92 Å². The Balaban J connectivity index is 2.14. The zero-order valence-electron chi connectivity index (χ0n) is 11.6. The van der Waals surface area contributed by atoms with Crippen LogP contribution < -0.4 is 0 Å². The number of hydrogen-bond donors (Lipinski definition) is 0. The van der Waals surface area contributed by atoms with Crippen molar-refractivity contribution in [2.45, 2.75) is 77.3 Å². The molecule has 0 aromatic rings. The van der Waals surface area contributed by atoms with E-state index < -0.39 is 0 Å². The van der Waals surface area contributed by atoms with E-state index in [0.717, 1.165) is 5.92 Å². The SMILES string of the molecule is C[C@H]1CC[C@](C)(B2OC(C)(C)C(C)(C)O2)C1. The fourth-order valence-corrected chi connectivity index (χ4v) is 2.92. The van der Waals surface area contributed by atoms with Crippen LogP contribution in [-0.4, -0.2) is 18.3 Å². The number of hydrogen-bond acceptors (Lipinski definition) is 2. The second-order valence-electron chi connectivity index (χ2n) is 7.09. The van der Waals surface area contributed by atoms with Crippen molar-refractivity contribution in [3.8, 4) is 0 Å². The van der Waals surface area contributed by atoms with E-state index in [1.165, 1.54) is 19.3 Å². The van der Waals surface area contributed by atoms with Crippen LogP contribution in [0.3, 0.4) is 0 Å². The van der Waals surface area contributed by atoms with Gasteiger partial charge in [0.1, 0.15) is 0 Å². The molecule has 0 radical (unpaired) electrons. The van der Waals surface area contributed by atoms with Gasteiger partial charge in [0.25, 0.3) is 0 Å². The van der Waals surface area contributed by atoms with Crippen LogP contribution >= 0.6 is 0 Å². The van der Waals surface area contributed by atoms with E-state index in [1.807, 2.05) is 0 Å². The highest BCUT2D eigenvalue weighted by molar-refractivity contribution is 6.49. The van der Waals surface area contributed by atoms with Gasteiger partial charge in [0.2, 0.25) is 0 Å². The summed E-state index contributed by atoms with van der Waals surface area (Å²) in [5.74, 6) is 0.809. The van der Waals surface area contributed by atoms with Crippen molar-refractivity contribution in [2.24, 2.45) is 5.92 Å². The standard InChI is InChI=1S/C13H25BO2/c1-10-7-8-13(6,9-10)14-15-11(2,3)12(4,5)16-14/h10H,7-9H2,1-6H3/t10-,13-/m0/s1. The molecular weight excluding hydrogens is 199 g/mol. The summed E-state index contributed by atoms with van der Waals surface area (Å²) in [5, 5.41) is 0.213. The highest BCUT2D eigenvalue weighted by atomic mass is 16.7. The summed E-state index contributed by atoms with van der Waals surface area (Å²) in [7, 11) is -0.0255. The third kappa shape index (κ3) is 1.82. The predicted molar refractivity (Wildman–Crippen MR) is 67.5 cm³/mol. The van der Waals surface area contributed by atoms with E-state index >= 15 is 0 Å². The van der Waals surface area contributed by atoms with Crippen molar-refractivity contribution in [1.82, 2.24) is 0 Å². The summed E-state index contributed by atoms with van der Waals surface area (Å²) in [6.07, 6.45) is 3.76. The Bertz CT molecular complexity index is 272. The first-order valence-corrected chi connectivity index (χ1v) is 6.52. The van der Waals surface area contributed by atoms with Crippen molar-refractivity contribution < 1.29 is 9.31 Å². The lowest BCUT2D eigenvalue weighted by Gasteiger charge is -2.32. The molecule has 0 amide bonds. The average molecular weight is 224 g/mol. The Morgan fingerprint density at radius 3 is 1.88 bits per heavy atom. The lowest BCUT2D eigenvalue weighted by Crippen LogP contribution is -2.41. The highest BCUT2D eigenvalue weighted by Crippen LogP contribution is 2.54. The molecule has 3 heteroatoms. The second-order valence-corrected chi connectivity index (χ2v) is 7.09. The smallest absolute Gasteiger partial charge is 0.403 e. The van der Waals surface area contributed by atoms with Gasteiger partial charge in [-0.2, -0.15) is 0 Å². The monoisotopic (exact) mass is 224 g/mol. The average Bonchev–Trinajstić information content (AvgIpc) is 2.54. The molecule has 1 heterocycles. The molecule has 92 valence electrons. The maximum atomic E-state index is 6.18. The second kappa shape index (κ2) is 3.49. The maximum absolute atomic E-state index is 6.18. The topological polar surface area (TPSA) is 18.5 Å². The van der Waals surface area contributed by atoms with E-state index in [-0.39, 0.29) is 23.6 Å². The molecule has 2 nitrogen and oxygen atoms in total. The van der Waals surface area contributed by atoms with Crippen molar-refractivity contribution in [1.29, 1.82) is 0 Å². The molecule has 16 heavy (non-hydrogen) atoms. The lowest BCUT2D eigenvalue weighted by molar-refractivity contribution is 0.00578. The number of rotatable bonds is 1. The predicted octanol–water partition coefficient (Wildman–Crippen LogP) is 3.66. The summed E-state index contributed by atoms with van der Waals surface area (Å²) in [5.41, 5.74) is -0.376. The molecule has 2 aliphatic rings. The molecule has 1 aliphatic carbocycles. The van der Waals surface area contributed by atoms with Crippen LogP contribution in [0.25, 0.3) is 0 Å².